The van der Waals surface area contributed by atoms with E-state index in [2.05, 4.69) is 24.8 Å². The number of nitrogens with one attached hydrogen (secondary N) is 1. The number of carbonyl (C=O) groups excluding carboxylic acids is 1. The highest BCUT2D eigenvalue weighted by molar-refractivity contribution is 5.76. The van der Waals surface area contributed by atoms with Crippen LogP contribution >= 0.6 is 0 Å². The van der Waals surface area contributed by atoms with Crippen molar-refractivity contribution in [2.75, 3.05) is 6.54 Å². The Labute approximate surface area is 199 Å². The molecular weight excluding hydrogens is 468 g/mol. The fourth-order valence-electron chi connectivity index (χ4n) is 4.00. The summed E-state index contributed by atoms with van der Waals surface area (Å²) in [5.74, 6) is -0.343. The second-order valence-electron chi connectivity index (χ2n) is 8.12. The van der Waals surface area contributed by atoms with Gasteiger partial charge >= 0.3 is 13.2 Å². The summed E-state index contributed by atoms with van der Waals surface area (Å²) >= 11 is 0. The summed E-state index contributed by atoms with van der Waals surface area (Å²) in [5.41, 5.74) is 2.18. The van der Waals surface area contributed by atoms with E-state index in [1.165, 1.54) is 24.4 Å². The number of amides is 1. The second kappa shape index (κ2) is 11.2. The minimum Gasteiger partial charge on any atom is -0.433 e. The summed E-state index contributed by atoms with van der Waals surface area (Å²) in [4.78, 5) is 22.0. The molecule has 0 aliphatic carbocycles. The number of aromatic nitrogens is 2. The van der Waals surface area contributed by atoms with Crippen LogP contribution in [0.25, 0.3) is 5.70 Å². The minimum atomic E-state index is -3.07. The van der Waals surface area contributed by atoms with Gasteiger partial charge in [0, 0.05) is 43.0 Å². The number of hydrogen-bond acceptors (Lipinski definition) is 6. The van der Waals surface area contributed by atoms with E-state index in [1.807, 2.05) is 12.1 Å². The van der Waals surface area contributed by atoms with Crippen LogP contribution in [-0.4, -0.2) is 46.6 Å². The maximum atomic E-state index is 12.9. The van der Waals surface area contributed by atoms with Gasteiger partial charge in [-0.1, -0.05) is 12.1 Å². The third-order valence-electron chi connectivity index (χ3n) is 5.62. The smallest absolute Gasteiger partial charge is 0.388 e. The number of dihydropyridines is 1. The van der Waals surface area contributed by atoms with E-state index in [0.717, 1.165) is 30.6 Å². The molecule has 1 atom stereocenters. The third-order valence-corrected chi connectivity index (χ3v) is 5.62. The zero-order valence-electron chi connectivity index (χ0n) is 18.7. The fourth-order valence-corrected chi connectivity index (χ4v) is 4.00. The summed E-state index contributed by atoms with van der Waals surface area (Å²) in [6, 6.07) is 6.16. The molecule has 0 bridgehead atoms. The van der Waals surface area contributed by atoms with Gasteiger partial charge in [0.25, 0.3) is 0 Å². The molecule has 1 unspecified atom stereocenters. The van der Waals surface area contributed by atoms with Crippen molar-refractivity contribution >= 4 is 11.6 Å². The first kappa shape index (κ1) is 24.5. The standard InChI is InChI=1S/C24H24F4N4O3/c25-23(26)34-19-7-6-17(31-22(19)16-8-9-29-20(12-16)35-24(27)28)11-15-4-5-18(30-13-15)14-32-10-2-1-3-21(32)33/h4-9,12-13,17,23-24,31H,1-3,10-11,14H2. The Kier molecular flexibility index (Phi) is 7.84. The lowest BCUT2D eigenvalue weighted by Crippen LogP contribution is -2.34. The molecule has 0 spiro atoms. The van der Waals surface area contributed by atoms with Crippen molar-refractivity contribution in [3.8, 4) is 5.88 Å². The number of likely N-dealkylation sites (tertiary alicyclic amines) is 1. The molecule has 0 aromatic carbocycles. The number of allylic oxidation sites excluding steroid dienone is 1. The maximum absolute atomic E-state index is 12.9. The molecule has 186 valence electrons. The predicted molar refractivity (Wildman–Crippen MR) is 118 cm³/mol. The molecule has 4 rings (SSSR count). The molecule has 0 radical (unpaired) electrons. The topological polar surface area (TPSA) is 76.6 Å². The largest absolute Gasteiger partial charge is 0.433 e. The van der Waals surface area contributed by atoms with Crippen LogP contribution in [0, 0.1) is 0 Å². The van der Waals surface area contributed by atoms with E-state index in [9.17, 15) is 22.4 Å². The van der Waals surface area contributed by atoms with Crippen LogP contribution in [0.2, 0.25) is 0 Å². The lowest BCUT2D eigenvalue weighted by molar-refractivity contribution is -0.133. The Morgan fingerprint density at radius 2 is 1.91 bits per heavy atom. The lowest BCUT2D eigenvalue weighted by atomic mass is 10.0. The number of ether oxygens (including phenoxy) is 2. The first-order chi connectivity index (χ1) is 16.9. The Hall–Kier alpha value is -3.63. The molecule has 2 aliphatic rings. The SMILES string of the molecule is O=C1CCCCN1Cc1ccc(CC2C=CC(OC(F)F)=C(c3ccnc(OC(F)F)c3)N2)cn1. The van der Waals surface area contributed by atoms with Crippen LogP contribution in [-0.2, 0) is 22.5 Å². The van der Waals surface area contributed by atoms with Crippen molar-refractivity contribution in [1.82, 2.24) is 20.2 Å². The Balaban J connectivity index is 1.46. The predicted octanol–water partition coefficient (Wildman–Crippen LogP) is 4.27. The fraction of sp³-hybridized carbons (Fsp3) is 0.375. The van der Waals surface area contributed by atoms with Gasteiger partial charge in [0.05, 0.1) is 17.9 Å². The summed E-state index contributed by atoms with van der Waals surface area (Å²) in [7, 11) is 0. The van der Waals surface area contributed by atoms with Gasteiger partial charge < -0.3 is 19.7 Å². The first-order valence-electron chi connectivity index (χ1n) is 11.1. The van der Waals surface area contributed by atoms with E-state index < -0.39 is 13.2 Å². The third kappa shape index (κ3) is 6.71. The molecule has 4 heterocycles. The van der Waals surface area contributed by atoms with Gasteiger partial charge in [-0.3, -0.25) is 9.78 Å². The van der Waals surface area contributed by atoms with Crippen molar-refractivity contribution in [2.45, 2.75) is 51.5 Å². The van der Waals surface area contributed by atoms with Crippen molar-refractivity contribution in [2.24, 2.45) is 0 Å². The van der Waals surface area contributed by atoms with Crippen LogP contribution in [0.4, 0.5) is 17.6 Å². The lowest BCUT2D eigenvalue weighted by Gasteiger charge is -2.26. The average molecular weight is 492 g/mol. The zero-order valence-corrected chi connectivity index (χ0v) is 18.7. The molecular formula is C24H24F4N4O3. The number of piperidine rings is 1. The number of halogens is 4. The maximum Gasteiger partial charge on any atom is 0.388 e. The van der Waals surface area contributed by atoms with Crippen molar-refractivity contribution < 1.29 is 31.8 Å². The van der Waals surface area contributed by atoms with E-state index in [4.69, 9.17) is 0 Å². The van der Waals surface area contributed by atoms with Crippen molar-refractivity contribution in [3.05, 3.63) is 71.4 Å². The van der Waals surface area contributed by atoms with Crippen LogP contribution in [0.1, 0.15) is 36.1 Å². The Morgan fingerprint density at radius 3 is 2.63 bits per heavy atom. The van der Waals surface area contributed by atoms with E-state index in [-0.39, 0.29) is 29.3 Å². The van der Waals surface area contributed by atoms with Crippen LogP contribution in [0.5, 0.6) is 5.88 Å². The van der Waals surface area contributed by atoms with E-state index in [1.54, 1.807) is 17.2 Å². The molecule has 1 saturated heterocycles. The second-order valence-corrected chi connectivity index (χ2v) is 8.12. The summed E-state index contributed by atoms with van der Waals surface area (Å²) in [6.45, 7) is -4.94. The minimum absolute atomic E-state index is 0.134. The van der Waals surface area contributed by atoms with Gasteiger partial charge in [0.1, 0.15) is 5.76 Å². The van der Waals surface area contributed by atoms with Gasteiger partial charge in [-0.25, -0.2) is 4.98 Å². The molecule has 2 aromatic rings. The molecule has 1 N–H and O–H groups in total. The first-order valence-corrected chi connectivity index (χ1v) is 11.1. The summed E-state index contributed by atoms with van der Waals surface area (Å²) in [6.07, 6.45) is 9.01. The van der Waals surface area contributed by atoms with Crippen molar-refractivity contribution in [1.29, 1.82) is 0 Å². The van der Waals surface area contributed by atoms with Crippen LogP contribution in [0.3, 0.4) is 0 Å². The number of pyridine rings is 2. The molecule has 2 aromatic heterocycles. The number of rotatable bonds is 9. The van der Waals surface area contributed by atoms with E-state index in [0.29, 0.717) is 24.9 Å². The number of alkyl halides is 4. The highest BCUT2D eigenvalue weighted by Gasteiger charge is 2.22. The normalized spacial score (nSPS) is 18.3. The van der Waals surface area contributed by atoms with Gasteiger partial charge in [-0.05, 0) is 43.0 Å². The molecule has 2 aliphatic heterocycles. The highest BCUT2D eigenvalue weighted by atomic mass is 19.3. The monoisotopic (exact) mass is 492 g/mol. The van der Waals surface area contributed by atoms with Gasteiger partial charge in [0.15, 0.2) is 0 Å². The molecule has 7 nitrogen and oxygen atoms in total. The number of carbonyl (C=O) groups is 1. The van der Waals surface area contributed by atoms with Crippen molar-refractivity contribution in [3.63, 3.8) is 0 Å². The quantitative estimate of drug-likeness (QED) is 0.527. The molecule has 0 saturated carbocycles. The number of nitrogens with zero attached hydrogens (tertiary/aromatic N) is 3. The molecule has 1 fully saturated rings. The molecule has 11 heteroatoms. The summed E-state index contributed by atoms with van der Waals surface area (Å²) < 4.78 is 60.0. The van der Waals surface area contributed by atoms with Gasteiger partial charge in [-0.15, -0.1) is 0 Å². The Bertz CT molecular complexity index is 1090. The number of hydrogen-bond donors (Lipinski definition) is 1. The van der Waals surface area contributed by atoms with E-state index >= 15 is 0 Å². The van der Waals surface area contributed by atoms with Crippen LogP contribution in [0.15, 0.2) is 54.6 Å². The molecule has 35 heavy (non-hydrogen) atoms. The summed E-state index contributed by atoms with van der Waals surface area (Å²) in [5, 5.41) is 3.12. The molecule has 1 amide bonds. The Morgan fingerprint density at radius 1 is 1.09 bits per heavy atom. The van der Waals surface area contributed by atoms with Crippen LogP contribution < -0.4 is 10.1 Å². The van der Waals surface area contributed by atoms with Gasteiger partial charge in [-0.2, -0.15) is 17.6 Å². The highest BCUT2D eigenvalue weighted by Crippen LogP contribution is 2.27. The van der Waals surface area contributed by atoms with Gasteiger partial charge in [0.2, 0.25) is 11.8 Å². The zero-order chi connectivity index (χ0) is 24.8. The average Bonchev–Trinajstić information content (AvgIpc) is 2.82.